The van der Waals surface area contributed by atoms with Crippen LogP contribution in [0.15, 0.2) is 54.6 Å². The molecule has 1 saturated heterocycles. The van der Waals surface area contributed by atoms with Crippen LogP contribution in [0.25, 0.3) is 10.8 Å². The van der Waals surface area contributed by atoms with Crippen molar-refractivity contribution in [2.24, 2.45) is 5.73 Å². The van der Waals surface area contributed by atoms with Gasteiger partial charge in [0.15, 0.2) is 0 Å². The number of fused-ring (bicyclic) bond motifs is 2. The summed E-state index contributed by atoms with van der Waals surface area (Å²) in [7, 11) is 0. The van der Waals surface area contributed by atoms with Gasteiger partial charge in [-0.15, -0.1) is 0 Å². The maximum absolute atomic E-state index is 13.6. The van der Waals surface area contributed by atoms with Gasteiger partial charge in [-0.25, -0.2) is 4.39 Å². The first-order chi connectivity index (χ1) is 15.6. The summed E-state index contributed by atoms with van der Waals surface area (Å²) in [5.41, 5.74) is 9.53. The third-order valence-corrected chi connectivity index (χ3v) is 6.70. The first-order valence-corrected chi connectivity index (χ1v) is 11.3. The molecular weight excluding hydrogens is 405 g/mol. The van der Waals surface area contributed by atoms with E-state index >= 15 is 0 Å². The highest BCUT2D eigenvalue weighted by Gasteiger charge is 2.24. The Labute approximate surface area is 187 Å². The summed E-state index contributed by atoms with van der Waals surface area (Å²) in [6.07, 6.45) is 1.81. The maximum atomic E-state index is 13.6. The Kier molecular flexibility index (Phi) is 5.81. The van der Waals surface area contributed by atoms with E-state index in [1.165, 1.54) is 22.9 Å². The molecule has 1 fully saturated rings. The summed E-state index contributed by atoms with van der Waals surface area (Å²) >= 11 is 0. The van der Waals surface area contributed by atoms with Gasteiger partial charge in [0, 0.05) is 49.4 Å². The van der Waals surface area contributed by atoms with Crippen LogP contribution in [0.1, 0.15) is 34.0 Å². The first kappa shape index (κ1) is 20.9. The molecule has 2 heterocycles. The highest BCUT2D eigenvalue weighted by molar-refractivity contribution is 5.94. The lowest BCUT2D eigenvalue weighted by atomic mass is 9.93. The van der Waals surface area contributed by atoms with Crippen molar-refractivity contribution < 1.29 is 13.9 Å². The van der Waals surface area contributed by atoms with Crippen LogP contribution in [0.2, 0.25) is 0 Å². The molecule has 166 valence electrons. The number of carbonyl (C=O) groups excluding carboxylic acids is 1. The number of carbonyl (C=O) groups is 1. The van der Waals surface area contributed by atoms with Crippen molar-refractivity contribution in [3.05, 3.63) is 77.1 Å². The number of halogens is 1. The number of benzene rings is 3. The van der Waals surface area contributed by atoms with Crippen LogP contribution < -0.4 is 10.6 Å². The molecule has 1 atom stereocenters. The second-order valence-corrected chi connectivity index (χ2v) is 8.65. The summed E-state index contributed by atoms with van der Waals surface area (Å²) in [5.74, 6) is -0.582. The third kappa shape index (κ3) is 4.20. The normalized spacial score (nSPS) is 19.2. The predicted molar refractivity (Wildman–Crippen MR) is 125 cm³/mol. The minimum atomic E-state index is -0.384. The van der Waals surface area contributed by atoms with Gasteiger partial charge in [0.1, 0.15) is 5.82 Å². The summed E-state index contributed by atoms with van der Waals surface area (Å²) < 4.78 is 19.7. The van der Waals surface area contributed by atoms with Crippen LogP contribution in [-0.4, -0.2) is 50.1 Å². The Morgan fingerprint density at radius 3 is 2.72 bits per heavy atom. The highest BCUT2D eigenvalue weighted by Crippen LogP contribution is 2.31. The fourth-order valence-electron chi connectivity index (χ4n) is 4.95. The molecule has 5 rings (SSSR count). The monoisotopic (exact) mass is 433 g/mol. The number of amides is 1. The average molecular weight is 434 g/mol. The van der Waals surface area contributed by atoms with Gasteiger partial charge in [-0.2, -0.15) is 0 Å². The quantitative estimate of drug-likeness (QED) is 0.663. The van der Waals surface area contributed by atoms with Crippen molar-refractivity contribution in [2.75, 3.05) is 44.2 Å². The SMILES string of the molecule is NC(=O)c1ccc2c(c1)CCOC2CCN1CCN(c2cccc3cc(F)ccc23)CC1. The lowest BCUT2D eigenvalue weighted by molar-refractivity contribution is 0.0289. The minimum Gasteiger partial charge on any atom is -0.373 e. The van der Waals surface area contributed by atoms with Crippen LogP contribution in [0.4, 0.5) is 10.1 Å². The van der Waals surface area contributed by atoms with Crippen LogP contribution >= 0.6 is 0 Å². The van der Waals surface area contributed by atoms with Gasteiger partial charge in [-0.1, -0.05) is 18.2 Å². The molecule has 1 amide bonds. The molecule has 3 aromatic carbocycles. The summed E-state index contributed by atoms with van der Waals surface area (Å²) in [6.45, 7) is 5.50. The number of nitrogens with two attached hydrogens (primary N) is 1. The molecule has 0 radical (unpaired) electrons. The summed E-state index contributed by atoms with van der Waals surface area (Å²) in [6, 6.07) is 16.8. The highest BCUT2D eigenvalue weighted by atomic mass is 19.1. The number of nitrogens with zero attached hydrogens (tertiary/aromatic N) is 2. The Morgan fingerprint density at radius 1 is 1.06 bits per heavy atom. The molecule has 0 spiro atoms. The zero-order chi connectivity index (χ0) is 22.1. The zero-order valence-electron chi connectivity index (χ0n) is 18.1. The second-order valence-electron chi connectivity index (χ2n) is 8.65. The molecule has 3 aromatic rings. The van der Waals surface area contributed by atoms with E-state index in [0.29, 0.717) is 12.2 Å². The minimum absolute atomic E-state index is 0.0617. The number of hydrogen-bond donors (Lipinski definition) is 1. The maximum Gasteiger partial charge on any atom is 0.248 e. The zero-order valence-corrected chi connectivity index (χ0v) is 18.1. The third-order valence-electron chi connectivity index (χ3n) is 6.70. The van der Waals surface area contributed by atoms with E-state index in [2.05, 4.69) is 15.9 Å². The lowest BCUT2D eigenvalue weighted by Crippen LogP contribution is -2.47. The van der Waals surface area contributed by atoms with Crippen LogP contribution in [0.5, 0.6) is 0 Å². The smallest absolute Gasteiger partial charge is 0.248 e. The predicted octanol–water partition coefficient (Wildman–Crippen LogP) is 3.90. The average Bonchev–Trinajstić information content (AvgIpc) is 2.82. The Bertz CT molecular complexity index is 1140. The lowest BCUT2D eigenvalue weighted by Gasteiger charge is -2.37. The van der Waals surface area contributed by atoms with E-state index in [1.807, 2.05) is 30.3 Å². The van der Waals surface area contributed by atoms with E-state index < -0.39 is 0 Å². The van der Waals surface area contributed by atoms with Crippen molar-refractivity contribution >= 4 is 22.4 Å². The van der Waals surface area contributed by atoms with Gasteiger partial charge in [0.25, 0.3) is 0 Å². The molecule has 6 heteroatoms. The number of anilines is 1. The molecule has 0 aliphatic carbocycles. The summed E-state index contributed by atoms with van der Waals surface area (Å²) in [4.78, 5) is 16.4. The largest absolute Gasteiger partial charge is 0.373 e. The number of ether oxygens (including phenoxy) is 1. The van der Waals surface area contributed by atoms with Gasteiger partial charge < -0.3 is 15.4 Å². The van der Waals surface area contributed by atoms with E-state index in [1.54, 1.807) is 12.1 Å². The number of hydrogen-bond acceptors (Lipinski definition) is 4. The molecule has 0 bridgehead atoms. The topological polar surface area (TPSA) is 58.8 Å². The Hall–Kier alpha value is -2.96. The van der Waals surface area contributed by atoms with Crippen LogP contribution in [0.3, 0.4) is 0 Å². The van der Waals surface area contributed by atoms with E-state index in [4.69, 9.17) is 10.5 Å². The van der Waals surface area contributed by atoms with Crippen molar-refractivity contribution in [3.8, 4) is 0 Å². The van der Waals surface area contributed by atoms with Crippen LogP contribution in [0, 0.1) is 5.82 Å². The molecule has 5 nitrogen and oxygen atoms in total. The Morgan fingerprint density at radius 2 is 1.91 bits per heavy atom. The van der Waals surface area contributed by atoms with E-state index in [-0.39, 0.29) is 17.8 Å². The van der Waals surface area contributed by atoms with Gasteiger partial charge in [0.05, 0.1) is 12.7 Å². The van der Waals surface area contributed by atoms with Crippen molar-refractivity contribution in [1.82, 2.24) is 4.90 Å². The number of piperazine rings is 1. The van der Waals surface area contributed by atoms with Crippen molar-refractivity contribution in [1.29, 1.82) is 0 Å². The van der Waals surface area contributed by atoms with Gasteiger partial charge in [-0.05, 0) is 65.8 Å². The molecule has 32 heavy (non-hydrogen) atoms. The van der Waals surface area contributed by atoms with Crippen LogP contribution in [-0.2, 0) is 11.2 Å². The Balaban J connectivity index is 1.20. The van der Waals surface area contributed by atoms with E-state index in [9.17, 15) is 9.18 Å². The number of primary amides is 1. The van der Waals surface area contributed by atoms with Gasteiger partial charge >= 0.3 is 0 Å². The molecule has 2 N–H and O–H groups in total. The van der Waals surface area contributed by atoms with E-state index in [0.717, 1.165) is 56.3 Å². The van der Waals surface area contributed by atoms with Gasteiger partial charge in [0.2, 0.25) is 5.91 Å². The van der Waals surface area contributed by atoms with Crippen molar-refractivity contribution in [2.45, 2.75) is 18.9 Å². The fraction of sp³-hybridized carbons (Fsp3) is 0.346. The standard InChI is InChI=1S/C26H28FN3O2/c27-21-5-7-22-18(17-21)2-1-3-24(22)30-13-11-29(12-14-30)10-8-25-23-6-4-20(26(28)31)16-19(23)9-15-32-25/h1-7,16-17,25H,8-15H2,(H2,28,31). The van der Waals surface area contributed by atoms with Crippen molar-refractivity contribution in [3.63, 3.8) is 0 Å². The fourth-order valence-corrected chi connectivity index (χ4v) is 4.95. The molecular formula is C26H28FN3O2. The molecule has 0 saturated carbocycles. The number of rotatable bonds is 5. The molecule has 2 aliphatic heterocycles. The summed E-state index contributed by atoms with van der Waals surface area (Å²) in [5, 5.41) is 2.04. The first-order valence-electron chi connectivity index (χ1n) is 11.3. The van der Waals surface area contributed by atoms with Gasteiger partial charge in [-0.3, -0.25) is 9.69 Å². The second kappa shape index (κ2) is 8.88. The molecule has 1 unspecified atom stereocenters. The molecule has 0 aromatic heterocycles. The molecule has 2 aliphatic rings.